The molecule has 0 unspecified atom stereocenters. The number of methoxy groups -OCH3 is 2. The van der Waals surface area contributed by atoms with Crippen LogP contribution >= 0.6 is 11.8 Å². The van der Waals surface area contributed by atoms with Crippen LogP contribution in [0.5, 0.6) is 11.5 Å². The molecule has 0 saturated heterocycles. The molecule has 3 N–H and O–H groups in total. The summed E-state index contributed by atoms with van der Waals surface area (Å²) in [4.78, 5) is 49.8. The molecule has 3 amide bonds. The Morgan fingerprint density at radius 2 is 1.50 bits per heavy atom. The standard InChI is InChI=1S/C32H28N4O7S/c1-42-26-14-17-29(43-2)22(18-26)19-28(35-31(38)21-6-4-3-5-7-21)32(39)34-24-10-15-27(16-11-24)44-20-30(37)33-23-8-12-25(13-9-23)36(40)41/h3-19H,20H2,1-2H3,(H,33,37)(H,34,39)(H,35,38)/b28-19-. The number of carbonyl (C=O) groups is 3. The lowest BCUT2D eigenvalue weighted by atomic mass is 10.1. The van der Waals surface area contributed by atoms with Crippen LogP contribution in [-0.2, 0) is 9.59 Å². The van der Waals surface area contributed by atoms with Crippen molar-refractivity contribution in [3.05, 3.63) is 124 Å². The maximum Gasteiger partial charge on any atom is 0.272 e. The van der Waals surface area contributed by atoms with Gasteiger partial charge in [-0.15, -0.1) is 11.8 Å². The van der Waals surface area contributed by atoms with Crippen molar-refractivity contribution in [1.82, 2.24) is 5.32 Å². The fraction of sp³-hybridized carbons (Fsp3) is 0.0938. The highest BCUT2D eigenvalue weighted by Crippen LogP contribution is 2.27. The van der Waals surface area contributed by atoms with Crippen molar-refractivity contribution >= 4 is 52.6 Å². The highest BCUT2D eigenvalue weighted by molar-refractivity contribution is 8.00. The highest BCUT2D eigenvalue weighted by Gasteiger charge is 2.17. The number of nitrogens with one attached hydrogen (secondary N) is 3. The maximum atomic E-state index is 13.4. The van der Waals surface area contributed by atoms with Crippen LogP contribution in [0.15, 0.2) is 108 Å². The molecule has 0 aliphatic rings. The Balaban J connectivity index is 1.44. The Hall–Kier alpha value is -5.62. The fourth-order valence-electron chi connectivity index (χ4n) is 3.90. The molecule has 44 heavy (non-hydrogen) atoms. The predicted molar refractivity (Wildman–Crippen MR) is 169 cm³/mol. The summed E-state index contributed by atoms with van der Waals surface area (Å²) in [6, 6.07) is 26.0. The quantitative estimate of drug-likeness (QED) is 0.0792. The zero-order valence-electron chi connectivity index (χ0n) is 23.7. The van der Waals surface area contributed by atoms with Crippen LogP contribution in [0, 0.1) is 10.1 Å². The minimum Gasteiger partial charge on any atom is -0.497 e. The van der Waals surface area contributed by atoms with Crippen molar-refractivity contribution in [1.29, 1.82) is 0 Å². The molecule has 0 heterocycles. The predicted octanol–water partition coefficient (Wildman–Crippen LogP) is 5.75. The van der Waals surface area contributed by atoms with Gasteiger partial charge in [-0.05, 0) is 72.8 Å². The summed E-state index contributed by atoms with van der Waals surface area (Å²) in [6.45, 7) is 0. The zero-order valence-corrected chi connectivity index (χ0v) is 24.6. The second-order valence-corrected chi connectivity index (χ2v) is 10.2. The summed E-state index contributed by atoms with van der Waals surface area (Å²) in [5.74, 6) is -0.193. The number of benzene rings is 4. The minimum atomic E-state index is -0.568. The molecule has 0 aromatic heterocycles. The molecule has 4 rings (SSSR count). The van der Waals surface area contributed by atoms with E-state index in [9.17, 15) is 24.5 Å². The molecule has 0 aliphatic carbocycles. The van der Waals surface area contributed by atoms with E-state index in [1.807, 2.05) is 0 Å². The number of rotatable bonds is 12. The van der Waals surface area contributed by atoms with Crippen molar-refractivity contribution in [2.75, 3.05) is 30.6 Å². The van der Waals surface area contributed by atoms with Gasteiger partial charge >= 0.3 is 0 Å². The molecule has 4 aromatic rings. The number of nitrogens with zero attached hydrogens (tertiary/aromatic N) is 1. The summed E-state index contributed by atoms with van der Waals surface area (Å²) >= 11 is 1.28. The van der Waals surface area contributed by atoms with E-state index in [-0.39, 0.29) is 23.0 Å². The van der Waals surface area contributed by atoms with Gasteiger partial charge in [-0.1, -0.05) is 18.2 Å². The van der Waals surface area contributed by atoms with Crippen molar-refractivity contribution in [2.45, 2.75) is 4.90 Å². The largest absolute Gasteiger partial charge is 0.497 e. The van der Waals surface area contributed by atoms with Gasteiger partial charge in [0.1, 0.15) is 17.2 Å². The number of thioether (sulfide) groups is 1. The van der Waals surface area contributed by atoms with Crippen LogP contribution in [0.25, 0.3) is 6.08 Å². The molecular formula is C32H28N4O7S. The van der Waals surface area contributed by atoms with Gasteiger partial charge in [0.05, 0.1) is 24.9 Å². The molecule has 0 saturated carbocycles. The summed E-state index contributed by atoms with van der Waals surface area (Å²) in [5.41, 5.74) is 1.73. The van der Waals surface area contributed by atoms with Gasteiger partial charge in [-0.2, -0.15) is 0 Å². The Bertz CT molecular complexity index is 1680. The van der Waals surface area contributed by atoms with E-state index in [1.165, 1.54) is 56.3 Å². The highest BCUT2D eigenvalue weighted by atomic mass is 32.2. The van der Waals surface area contributed by atoms with Gasteiger partial charge in [0.2, 0.25) is 5.91 Å². The molecule has 0 fully saturated rings. The lowest BCUT2D eigenvalue weighted by molar-refractivity contribution is -0.384. The summed E-state index contributed by atoms with van der Waals surface area (Å²) in [6.07, 6.45) is 1.51. The molecule has 224 valence electrons. The van der Waals surface area contributed by atoms with Gasteiger partial charge in [-0.3, -0.25) is 24.5 Å². The van der Waals surface area contributed by atoms with E-state index in [4.69, 9.17) is 9.47 Å². The van der Waals surface area contributed by atoms with E-state index in [2.05, 4.69) is 16.0 Å². The average Bonchev–Trinajstić information content (AvgIpc) is 3.04. The number of ether oxygens (including phenoxy) is 2. The van der Waals surface area contributed by atoms with Gasteiger partial charge < -0.3 is 25.4 Å². The molecule has 11 nitrogen and oxygen atoms in total. The molecular weight excluding hydrogens is 584 g/mol. The van der Waals surface area contributed by atoms with Gasteiger partial charge in [-0.25, -0.2) is 0 Å². The number of hydrogen-bond donors (Lipinski definition) is 3. The SMILES string of the molecule is COc1ccc(OC)c(/C=C(\NC(=O)c2ccccc2)C(=O)Nc2ccc(SCC(=O)Nc3ccc([N+](=O)[O-])cc3)cc2)c1. The Morgan fingerprint density at radius 1 is 0.841 bits per heavy atom. The number of hydrogen-bond acceptors (Lipinski definition) is 8. The molecule has 0 bridgehead atoms. The van der Waals surface area contributed by atoms with E-state index in [0.717, 1.165) is 4.90 Å². The van der Waals surface area contributed by atoms with Crippen molar-refractivity contribution < 1.29 is 28.8 Å². The maximum absolute atomic E-state index is 13.4. The lowest BCUT2D eigenvalue weighted by Crippen LogP contribution is -2.30. The first-order valence-corrected chi connectivity index (χ1v) is 14.1. The smallest absolute Gasteiger partial charge is 0.272 e. The van der Waals surface area contributed by atoms with Crippen molar-refractivity contribution in [3.8, 4) is 11.5 Å². The van der Waals surface area contributed by atoms with E-state index in [1.54, 1.807) is 72.8 Å². The lowest BCUT2D eigenvalue weighted by Gasteiger charge is -2.13. The van der Waals surface area contributed by atoms with Crippen molar-refractivity contribution in [2.24, 2.45) is 0 Å². The van der Waals surface area contributed by atoms with Crippen LogP contribution in [0.3, 0.4) is 0 Å². The van der Waals surface area contributed by atoms with Gasteiger partial charge in [0.15, 0.2) is 0 Å². The third-order valence-electron chi connectivity index (χ3n) is 6.11. The Morgan fingerprint density at radius 3 is 2.14 bits per heavy atom. The van der Waals surface area contributed by atoms with Crippen LogP contribution in [0.4, 0.5) is 17.1 Å². The summed E-state index contributed by atoms with van der Waals surface area (Å²) in [7, 11) is 3.02. The molecule has 0 atom stereocenters. The third kappa shape index (κ3) is 8.69. The topological polar surface area (TPSA) is 149 Å². The Labute approximate surface area is 257 Å². The second-order valence-electron chi connectivity index (χ2n) is 9.11. The second kappa shape index (κ2) is 15.0. The number of nitro groups is 1. The van der Waals surface area contributed by atoms with Gasteiger partial charge in [0.25, 0.3) is 17.5 Å². The third-order valence-corrected chi connectivity index (χ3v) is 7.12. The van der Waals surface area contributed by atoms with E-state index < -0.39 is 16.7 Å². The molecule has 0 spiro atoms. The monoisotopic (exact) mass is 612 g/mol. The van der Waals surface area contributed by atoms with Gasteiger partial charge in [0, 0.05) is 39.5 Å². The first-order valence-electron chi connectivity index (χ1n) is 13.1. The van der Waals surface area contributed by atoms with Crippen LogP contribution < -0.4 is 25.4 Å². The van der Waals surface area contributed by atoms with Crippen LogP contribution in [-0.4, -0.2) is 42.6 Å². The van der Waals surface area contributed by atoms with E-state index >= 15 is 0 Å². The number of non-ortho nitro benzene ring substituents is 1. The molecule has 12 heteroatoms. The average molecular weight is 613 g/mol. The number of amides is 3. The summed E-state index contributed by atoms with van der Waals surface area (Å²) in [5, 5.41) is 19.0. The molecule has 0 aliphatic heterocycles. The molecule has 0 radical (unpaired) electrons. The normalized spacial score (nSPS) is 10.8. The molecule has 4 aromatic carbocycles. The first kappa shape index (κ1) is 31.3. The summed E-state index contributed by atoms with van der Waals surface area (Å²) < 4.78 is 10.7. The zero-order chi connectivity index (χ0) is 31.5. The Kier molecular flexibility index (Phi) is 10.7. The van der Waals surface area contributed by atoms with Crippen LogP contribution in [0.2, 0.25) is 0 Å². The number of anilines is 2. The first-order chi connectivity index (χ1) is 21.2. The number of nitro benzene ring substituents is 1. The van der Waals surface area contributed by atoms with Crippen LogP contribution in [0.1, 0.15) is 15.9 Å². The van der Waals surface area contributed by atoms with Crippen molar-refractivity contribution in [3.63, 3.8) is 0 Å². The number of carbonyl (C=O) groups excluding carboxylic acids is 3. The van der Waals surface area contributed by atoms with E-state index in [0.29, 0.717) is 34.0 Å². The fourth-order valence-corrected chi connectivity index (χ4v) is 4.59. The minimum absolute atomic E-state index is 0.0215.